The molecule has 5 heteroatoms. The molecule has 0 spiro atoms. The number of rotatable bonds is 3. The molecule has 0 atom stereocenters. The van der Waals surface area contributed by atoms with Crippen LogP contribution in [0.2, 0.25) is 0 Å². The first-order valence-electron chi connectivity index (χ1n) is 8.20. The first-order chi connectivity index (χ1) is 11.1. The number of nitrogens with one attached hydrogen (secondary N) is 2. The van der Waals surface area contributed by atoms with Crippen molar-refractivity contribution in [3.63, 3.8) is 0 Å². The quantitative estimate of drug-likeness (QED) is 0.916. The summed E-state index contributed by atoms with van der Waals surface area (Å²) in [4.78, 5) is 12.4. The number of aryl methyl sites for hydroxylation is 2. The molecular weight excluding hydrogens is 288 g/mol. The minimum absolute atomic E-state index is 0.0969. The van der Waals surface area contributed by atoms with Gasteiger partial charge < -0.3 is 10.6 Å². The number of hydrogen-bond donors (Lipinski definition) is 2. The second-order valence-electron chi connectivity index (χ2n) is 6.36. The Labute approximate surface area is 137 Å². The Morgan fingerprint density at radius 2 is 2.00 bits per heavy atom. The van der Waals surface area contributed by atoms with E-state index in [0.29, 0.717) is 0 Å². The topological polar surface area (TPSA) is 59.0 Å². The summed E-state index contributed by atoms with van der Waals surface area (Å²) in [7, 11) is 0. The molecule has 1 aliphatic rings. The van der Waals surface area contributed by atoms with Gasteiger partial charge in [-0.05, 0) is 63.9 Å². The lowest BCUT2D eigenvalue weighted by molar-refractivity contribution is -0.120. The minimum atomic E-state index is 0.0969. The second-order valence-corrected chi connectivity index (χ2v) is 6.36. The van der Waals surface area contributed by atoms with Crippen LogP contribution in [0.15, 0.2) is 24.4 Å². The fourth-order valence-corrected chi connectivity index (χ4v) is 3.04. The van der Waals surface area contributed by atoms with Crippen molar-refractivity contribution in [3.05, 3.63) is 41.2 Å². The molecule has 2 heterocycles. The minimum Gasteiger partial charge on any atom is -0.323 e. The van der Waals surface area contributed by atoms with Gasteiger partial charge in [-0.15, -0.1) is 0 Å². The Hall–Kier alpha value is -2.14. The fraction of sp³-hybridized carbons (Fsp3) is 0.444. The molecule has 0 saturated carbocycles. The van der Waals surface area contributed by atoms with Gasteiger partial charge in [0, 0.05) is 5.92 Å². The van der Waals surface area contributed by atoms with Gasteiger partial charge in [0.15, 0.2) is 0 Å². The monoisotopic (exact) mass is 312 g/mol. The summed E-state index contributed by atoms with van der Waals surface area (Å²) >= 11 is 0. The predicted molar refractivity (Wildman–Crippen MR) is 92.0 cm³/mol. The Bertz CT molecular complexity index is 714. The van der Waals surface area contributed by atoms with Gasteiger partial charge in [-0.2, -0.15) is 5.10 Å². The lowest BCUT2D eigenvalue weighted by atomic mass is 9.97. The van der Waals surface area contributed by atoms with Gasteiger partial charge >= 0.3 is 0 Å². The molecule has 1 aromatic heterocycles. The van der Waals surface area contributed by atoms with Crippen LogP contribution in [0.5, 0.6) is 0 Å². The zero-order valence-electron chi connectivity index (χ0n) is 14.0. The van der Waals surface area contributed by atoms with E-state index >= 15 is 0 Å². The number of amides is 1. The molecule has 2 aromatic rings. The molecule has 1 saturated heterocycles. The van der Waals surface area contributed by atoms with Gasteiger partial charge in [0.1, 0.15) is 0 Å². The summed E-state index contributed by atoms with van der Waals surface area (Å²) < 4.78 is 1.90. The largest absolute Gasteiger partial charge is 0.323 e. The number of carbonyl (C=O) groups excluding carboxylic acids is 1. The number of aromatic nitrogens is 2. The highest BCUT2D eigenvalue weighted by molar-refractivity contribution is 5.93. The summed E-state index contributed by atoms with van der Waals surface area (Å²) in [6.07, 6.45) is 3.54. The molecule has 1 aromatic carbocycles. The molecule has 5 nitrogen and oxygen atoms in total. The van der Waals surface area contributed by atoms with Crippen molar-refractivity contribution < 1.29 is 4.79 Å². The molecule has 0 bridgehead atoms. The number of anilines is 1. The Balaban J connectivity index is 1.81. The maximum atomic E-state index is 12.4. The predicted octanol–water partition coefficient (Wildman–Crippen LogP) is 2.74. The highest BCUT2D eigenvalue weighted by Gasteiger charge is 2.22. The van der Waals surface area contributed by atoms with Crippen LogP contribution in [-0.2, 0) is 4.79 Å². The zero-order valence-corrected chi connectivity index (χ0v) is 14.0. The fourth-order valence-electron chi connectivity index (χ4n) is 3.04. The highest BCUT2D eigenvalue weighted by Crippen LogP contribution is 2.23. The Morgan fingerprint density at radius 1 is 1.26 bits per heavy atom. The smallest absolute Gasteiger partial charge is 0.227 e. The van der Waals surface area contributed by atoms with Crippen molar-refractivity contribution >= 4 is 11.6 Å². The number of carbonyl (C=O) groups is 1. The van der Waals surface area contributed by atoms with Crippen LogP contribution < -0.4 is 10.6 Å². The van der Waals surface area contributed by atoms with Gasteiger partial charge in [0.25, 0.3) is 0 Å². The molecule has 0 unspecified atom stereocenters. The van der Waals surface area contributed by atoms with Crippen molar-refractivity contribution in [2.24, 2.45) is 5.92 Å². The molecule has 1 aliphatic heterocycles. The Kier molecular flexibility index (Phi) is 4.48. The highest BCUT2D eigenvalue weighted by atomic mass is 16.1. The van der Waals surface area contributed by atoms with Crippen molar-refractivity contribution in [3.8, 4) is 5.69 Å². The zero-order chi connectivity index (χ0) is 16.4. The van der Waals surface area contributed by atoms with Gasteiger partial charge in [-0.1, -0.05) is 12.1 Å². The molecule has 2 N–H and O–H groups in total. The number of hydrogen-bond acceptors (Lipinski definition) is 3. The lowest BCUT2D eigenvalue weighted by Crippen LogP contribution is -2.34. The molecule has 0 aliphatic carbocycles. The average Bonchev–Trinajstić information content (AvgIpc) is 2.91. The van der Waals surface area contributed by atoms with E-state index in [1.807, 2.05) is 11.6 Å². The summed E-state index contributed by atoms with van der Waals surface area (Å²) in [5, 5.41) is 10.8. The van der Waals surface area contributed by atoms with Crippen LogP contribution in [0.3, 0.4) is 0 Å². The van der Waals surface area contributed by atoms with Crippen LogP contribution in [0.1, 0.15) is 29.7 Å². The van der Waals surface area contributed by atoms with Crippen LogP contribution in [0.25, 0.3) is 5.69 Å². The van der Waals surface area contributed by atoms with E-state index in [2.05, 4.69) is 47.8 Å². The first kappa shape index (κ1) is 15.7. The van der Waals surface area contributed by atoms with E-state index in [-0.39, 0.29) is 11.8 Å². The van der Waals surface area contributed by atoms with Crippen LogP contribution in [0.4, 0.5) is 5.69 Å². The average molecular weight is 312 g/mol. The maximum absolute atomic E-state index is 12.4. The lowest BCUT2D eigenvalue weighted by Gasteiger charge is -2.21. The second kappa shape index (κ2) is 6.54. The summed E-state index contributed by atoms with van der Waals surface area (Å²) in [5.41, 5.74) is 5.18. The maximum Gasteiger partial charge on any atom is 0.227 e. The molecule has 23 heavy (non-hydrogen) atoms. The van der Waals surface area contributed by atoms with Crippen LogP contribution in [-0.4, -0.2) is 28.8 Å². The molecule has 0 radical (unpaired) electrons. The van der Waals surface area contributed by atoms with Gasteiger partial charge in [0.2, 0.25) is 5.91 Å². The van der Waals surface area contributed by atoms with Crippen molar-refractivity contribution in [2.45, 2.75) is 33.6 Å². The number of nitrogens with zero attached hydrogens (tertiary/aromatic N) is 2. The van der Waals surface area contributed by atoms with E-state index in [1.165, 1.54) is 5.56 Å². The van der Waals surface area contributed by atoms with E-state index in [1.54, 1.807) is 6.20 Å². The third kappa shape index (κ3) is 3.29. The summed E-state index contributed by atoms with van der Waals surface area (Å²) in [6.45, 7) is 7.97. The number of piperidine rings is 1. The van der Waals surface area contributed by atoms with Crippen molar-refractivity contribution in [1.29, 1.82) is 0 Å². The van der Waals surface area contributed by atoms with Gasteiger partial charge in [0.05, 0.1) is 23.3 Å². The van der Waals surface area contributed by atoms with Gasteiger partial charge in [-0.3, -0.25) is 4.79 Å². The molecular formula is C18H24N4O. The van der Waals surface area contributed by atoms with Crippen LogP contribution >= 0.6 is 0 Å². The first-order valence-corrected chi connectivity index (χ1v) is 8.20. The van der Waals surface area contributed by atoms with Crippen molar-refractivity contribution in [2.75, 3.05) is 18.4 Å². The summed E-state index contributed by atoms with van der Waals surface area (Å²) in [6, 6.07) is 6.31. The van der Waals surface area contributed by atoms with E-state index in [4.69, 9.17) is 0 Å². The van der Waals surface area contributed by atoms with Crippen LogP contribution in [0, 0.1) is 26.7 Å². The third-order valence-corrected chi connectivity index (χ3v) is 4.57. The molecule has 122 valence electrons. The SMILES string of the molecule is Cc1ccc(C)c(-n2ncc(NC(=O)C3CCNCC3)c2C)c1. The van der Waals surface area contributed by atoms with Crippen molar-refractivity contribution in [1.82, 2.24) is 15.1 Å². The summed E-state index contributed by atoms with van der Waals surface area (Å²) in [5.74, 6) is 0.204. The molecule has 3 rings (SSSR count). The normalized spacial score (nSPS) is 15.6. The van der Waals surface area contributed by atoms with E-state index < -0.39 is 0 Å². The van der Waals surface area contributed by atoms with E-state index in [0.717, 1.165) is 48.6 Å². The van der Waals surface area contributed by atoms with E-state index in [9.17, 15) is 4.79 Å². The molecule has 1 fully saturated rings. The standard InChI is InChI=1S/C18H24N4O/c1-12-4-5-13(2)17(10-12)22-14(3)16(11-20-22)21-18(23)15-6-8-19-9-7-15/h4-5,10-11,15,19H,6-9H2,1-3H3,(H,21,23). The number of benzene rings is 1. The van der Waals surface area contributed by atoms with Gasteiger partial charge in [-0.25, -0.2) is 4.68 Å². The third-order valence-electron chi connectivity index (χ3n) is 4.57. The molecule has 1 amide bonds. The Morgan fingerprint density at radius 3 is 2.74 bits per heavy atom.